The molecular weight excluding hydrogens is 1190 g/mol. The first-order chi connectivity index (χ1) is 43.5. The number of aryl methyl sites for hydroxylation is 5. The van der Waals surface area contributed by atoms with E-state index < -0.39 is 12.1 Å². The lowest BCUT2D eigenvalue weighted by atomic mass is 9.89. The third-order valence-electron chi connectivity index (χ3n) is 13.6. The van der Waals surface area contributed by atoms with Crippen molar-refractivity contribution in [2.75, 3.05) is 25.2 Å². The molecular formula is C68H70N6O14S2. The maximum atomic E-state index is 10.9. The van der Waals surface area contributed by atoms with Crippen LogP contribution >= 0.6 is 23.5 Å². The Morgan fingerprint density at radius 3 is 1.36 bits per heavy atom. The summed E-state index contributed by atoms with van der Waals surface area (Å²) in [5, 5.41) is 23.0. The lowest BCUT2D eigenvalue weighted by molar-refractivity contribution is -0.141. The lowest BCUT2D eigenvalue weighted by Gasteiger charge is -2.17. The molecule has 20 nitrogen and oxygen atoms in total. The number of oxime groups is 6. The Morgan fingerprint density at radius 2 is 0.800 bits per heavy atom. The van der Waals surface area contributed by atoms with Gasteiger partial charge in [0.05, 0.1) is 35.7 Å². The molecule has 468 valence electrons. The van der Waals surface area contributed by atoms with Crippen molar-refractivity contribution in [1.82, 2.24) is 0 Å². The van der Waals surface area contributed by atoms with E-state index in [0.717, 1.165) is 137 Å². The zero-order chi connectivity index (χ0) is 64.4. The van der Waals surface area contributed by atoms with E-state index in [9.17, 15) is 28.8 Å². The van der Waals surface area contributed by atoms with E-state index in [-0.39, 0.29) is 23.9 Å². The smallest absolute Gasteiger partial charge is 0.486 e. The summed E-state index contributed by atoms with van der Waals surface area (Å²) in [6.07, 6.45) is 7.83. The van der Waals surface area contributed by atoms with Gasteiger partial charge >= 0.3 is 36.0 Å². The number of ether oxygens (including phenoxy) is 2. The first-order valence-electron chi connectivity index (χ1n) is 28.9. The summed E-state index contributed by atoms with van der Waals surface area (Å²) in [6.45, 7) is 11.2. The number of para-hydroxylation sites is 1. The third-order valence-corrected chi connectivity index (χ3v) is 15.7. The van der Waals surface area contributed by atoms with Gasteiger partial charge < -0.3 is 33.7 Å². The predicted octanol–water partition coefficient (Wildman–Crippen LogP) is 13.2. The Balaban J connectivity index is 0.000000154. The molecule has 0 saturated heterocycles. The van der Waals surface area contributed by atoms with Crippen LogP contribution < -0.4 is 4.74 Å². The van der Waals surface area contributed by atoms with Gasteiger partial charge in [0.25, 0.3) is 0 Å². The van der Waals surface area contributed by atoms with Gasteiger partial charge in [-0.25, -0.2) is 28.8 Å². The van der Waals surface area contributed by atoms with Gasteiger partial charge in [-0.05, 0) is 106 Å². The highest BCUT2D eigenvalue weighted by Gasteiger charge is 2.23. The molecule has 0 atom stereocenters. The van der Waals surface area contributed by atoms with Crippen LogP contribution in [-0.4, -0.2) is 95.5 Å². The molecule has 0 unspecified atom stereocenters. The molecule has 0 N–H and O–H groups in total. The van der Waals surface area contributed by atoms with Gasteiger partial charge in [0.15, 0.2) is 0 Å². The second kappa shape index (κ2) is 34.9. The molecule has 0 fully saturated rings. The van der Waals surface area contributed by atoms with E-state index in [4.69, 9.17) is 4.74 Å². The van der Waals surface area contributed by atoms with Gasteiger partial charge in [-0.2, -0.15) is 0 Å². The van der Waals surface area contributed by atoms with Crippen molar-refractivity contribution in [2.24, 2.45) is 30.9 Å². The zero-order valence-corrected chi connectivity index (χ0v) is 53.0. The molecule has 22 heteroatoms. The summed E-state index contributed by atoms with van der Waals surface area (Å²) < 4.78 is 9.70. The number of nitrogens with zero attached hydrogens (tertiary/aromatic N) is 6. The van der Waals surface area contributed by atoms with Crippen LogP contribution in [0.25, 0.3) is 0 Å². The number of fused-ring (bicyclic) bond motifs is 6. The van der Waals surface area contributed by atoms with E-state index in [2.05, 4.69) is 103 Å². The molecule has 0 spiro atoms. The molecule has 6 aromatic carbocycles. The molecule has 12 rings (SSSR count). The maximum absolute atomic E-state index is 10.9. The van der Waals surface area contributed by atoms with Gasteiger partial charge in [-0.3, -0.25) is 4.84 Å². The molecule has 0 radical (unpaired) electrons. The third kappa shape index (κ3) is 21.1. The highest BCUT2D eigenvalue weighted by atomic mass is 32.2. The first-order valence-corrected chi connectivity index (χ1v) is 30.9. The normalized spacial score (nSPS) is 16.8. The van der Waals surface area contributed by atoms with Crippen molar-refractivity contribution >= 4 is 93.8 Å². The number of thioether (sulfide) groups is 2. The molecule has 0 bridgehead atoms. The maximum Gasteiger partial charge on any atom is 0.534 e. The number of carbonyl (C=O) groups excluding carboxylic acids is 6. The number of rotatable bonds is 6. The number of hydrogen-bond acceptors (Lipinski definition) is 22. The largest absolute Gasteiger partial charge is 0.534 e. The van der Waals surface area contributed by atoms with Crippen molar-refractivity contribution in [3.63, 3.8) is 0 Å². The topological polar surface area (TPSA) is 250 Å². The molecule has 6 aromatic rings. The Morgan fingerprint density at radius 1 is 0.389 bits per heavy atom. The summed E-state index contributed by atoms with van der Waals surface area (Å²) in [4.78, 5) is 94.2. The summed E-state index contributed by atoms with van der Waals surface area (Å²) >= 11 is 3.51. The van der Waals surface area contributed by atoms with Gasteiger partial charge in [-0.15, -0.1) is 23.5 Å². The minimum Gasteiger partial charge on any atom is -0.486 e. The molecule has 0 aromatic heterocycles. The van der Waals surface area contributed by atoms with E-state index in [1.165, 1.54) is 79.3 Å². The molecule has 6 aliphatic rings. The van der Waals surface area contributed by atoms with Crippen molar-refractivity contribution in [3.05, 3.63) is 195 Å². The second-order valence-electron chi connectivity index (χ2n) is 20.5. The molecule has 3 aliphatic heterocycles. The zero-order valence-electron chi connectivity index (χ0n) is 51.4. The van der Waals surface area contributed by atoms with Crippen LogP contribution in [0, 0.1) is 13.8 Å². The van der Waals surface area contributed by atoms with Crippen molar-refractivity contribution in [1.29, 1.82) is 0 Å². The molecule has 0 saturated carbocycles. The SMILES string of the molecule is CC(=O)O/N=C1\CCCc2ccccc21.CC(=O)O/N=C1\CCSc2ccccc21.CC(=O)O/N=C1\CCc2cc(C)ccc21.CC(=O)O/N=C1\COc2ccccc21.CC(=O)O/N=C1\CSc2ccccc21.COC(=O)O/N=C1\CCCc2cc(C)ccc21. The van der Waals surface area contributed by atoms with E-state index >= 15 is 0 Å². The minimum atomic E-state index is -0.781. The molecule has 3 heterocycles. The van der Waals surface area contributed by atoms with E-state index in [1.807, 2.05) is 109 Å². The summed E-state index contributed by atoms with van der Waals surface area (Å²) in [5.41, 5.74) is 17.6. The van der Waals surface area contributed by atoms with E-state index in [1.54, 1.807) is 23.5 Å². The quantitative estimate of drug-likeness (QED) is 0.0854. The highest BCUT2D eigenvalue weighted by Crippen LogP contribution is 2.33. The fourth-order valence-electron chi connectivity index (χ4n) is 9.58. The first kappa shape index (κ1) is 68.0. The van der Waals surface area contributed by atoms with Crippen LogP contribution in [0.3, 0.4) is 0 Å². The average Bonchev–Trinajstić information content (AvgIpc) is 2.30. The van der Waals surface area contributed by atoms with Crippen LogP contribution in [0.15, 0.2) is 174 Å². The van der Waals surface area contributed by atoms with Gasteiger partial charge in [0.2, 0.25) is 0 Å². The van der Waals surface area contributed by atoms with Crippen molar-refractivity contribution < 1.29 is 67.3 Å². The number of benzene rings is 6. The summed E-state index contributed by atoms with van der Waals surface area (Å²) in [5.74, 6) is 0.600. The second-order valence-corrected chi connectivity index (χ2v) is 22.7. The Hall–Kier alpha value is -9.54. The van der Waals surface area contributed by atoms with Crippen LogP contribution in [0.5, 0.6) is 5.75 Å². The molecule has 3 aliphatic carbocycles. The fourth-order valence-corrected chi connectivity index (χ4v) is 11.6. The average molecular weight is 1260 g/mol. The predicted molar refractivity (Wildman–Crippen MR) is 345 cm³/mol. The Kier molecular flexibility index (Phi) is 26.3. The van der Waals surface area contributed by atoms with Gasteiger partial charge in [0, 0.05) is 95.7 Å². The van der Waals surface area contributed by atoms with Crippen molar-refractivity contribution in [3.8, 4) is 5.75 Å². The standard InChI is InChI=1S/C13H15NO3.2C12H13NO2.C11H11NO2S.C10H9NO3.C10H9NO2S/c1-9-6-7-11-10(8-9)4-3-5-12(11)14-17-13(15)16-2;1-8-3-5-11-10(7-8)4-6-12(11)13-15-9(2)14;1-9(14)15-13-12-8-4-6-10-5-2-3-7-11(10)12;1-8(13)14-12-10-6-7-15-11-5-3-2-4-9(10)11;1-7(12)14-11-9-6-13-10-5-3-2-4-8(9)10;1-7(12)13-11-9-6-14-10-5-3-2-4-8(9)10/h6-8H,3-5H2,1-2H3;3,5,7H,4,6H2,1-2H3;2-3,5,7H,4,6,8H2,1H3;2-5H,6-7H2,1H3;2*2-5H,6H2,1H3/b14-12+;2*13-12+;12-10+;2*11-9+. The minimum absolute atomic E-state index is 0.354. The van der Waals surface area contributed by atoms with Crippen LogP contribution in [0.2, 0.25) is 0 Å². The Labute approximate surface area is 531 Å². The lowest BCUT2D eigenvalue weighted by Crippen LogP contribution is -2.13. The van der Waals surface area contributed by atoms with Crippen LogP contribution in [0.4, 0.5) is 4.79 Å². The van der Waals surface area contributed by atoms with E-state index in [0.29, 0.717) is 12.3 Å². The Bertz CT molecular complexity index is 3620. The molecule has 0 amide bonds. The fraction of sp³-hybridized carbons (Fsp3) is 0.294. The van der Waals surface area contributed by atoms with Crippen LogP contribution in [-0.2, 0) is 77.0 Å². The van der Waals surface area contributed by atoms with Crippen LogP contribution in [0.1, 0.15) is 134 Å². The monoisotopic (exact) mass is 1260 g/mol. The number of carbonyl (C=O) groups is 6. The number of hydrogen-bond donors (Lipinski definition) is 0. The highest BCUT2D eigenvalue weighted by molar-refractivity contribution is 8.00. The van der Waals surface area contributed by atoms with Crippen molar-refractivity contribution in [2.45, 2.75) is 116 Å². The van der Waals surface area contributed by atoms with Gasteiger partial charge in [-0.1, -0.05) is 151 Å². The summed E-state index contributed by atoms with van der Waals surface area (Å²) in [6, 6.07) is 44.1. The van der Waals surface area contributed by atoms with Gasteiger partial charge in [0.1, 0.15) is 18.1 Å². The number of methoxy groups -OCH3 is 1. The molecule has 90 heavy (non-hydrogen) atoms. The summed E-state index contributed by atoms with van der Waals surface area (Å²) in [7, 11) is 1.26.